The smallest absolute Gasteiger partial charge is 0.435 e. The summed E-state index contributed by atoms with van der Waals surface area (Å²) in [6.45, 7) is 4.31. The number of likely N-dealkylation sites (tertiary alicyclic amines) is 1. The lowest BCUT2D eigenvalue weighted by atomic mass is 9.92. The fraction of sp³-hybridized carbons (Fsp3) is 0.500. The molecule has 0 radical (unpaired) electrons. The van der Waals surface area contributed by atoms with Crippen LogP contribution in [0.1, 0.15) is 31.4 Å². The highest BCUT2D eigenvalue weighted by atomic mass is 35.5. The quantitative estimate of drug-likeness (QED) is 0.851. The van der Waals surface area contributed by atoms with Crippen LogP contribution < -0.4 is 0 Å². The molecule has 1 saturated heterocycles. The number of halogens is 1. The van der Waals surface area contributed by atoms with Gasteiger partial charge in [0.2, 0.25) is 0 Å². The standard InChI is InChI=1S/C16H21N3O2.ClH/c1-3-21-16(20)19-14-7-5-4-6-13(14)15(17-19)12-8-10-18(2)11-9-12;/h4-7,12H,3,8-11H2,1-2H3;1H. The van der Waals surface area contributed by atoms with E-state index in [2.05, 4.69) is 17.0 Å². The van der Waals surface area contributed by atoms with Gasteiger partial charge < -0.3 is 9.64 Å². The second-order valence-electron chi connectivity index (χ2n) is 5.59. The molecule has 1 fully saturated rings. The van der Waals surface area contributed by atoms with Crippen LogP contribution in [0.2, 0.25) is 0 Å². The number of aromatic nitrogens is 2. The van der Waals surface area contributed by atoms with Gasteiger partial charge in [0.25, 0.3) is 0 Å². The van der Waals surface area contributed by atoms with Gasteiger partial charge in [-0.25, -0.2) is 4.79 Å². The first kappa shape index (κ1) is 16.8. The molecule has 22 heavy (non-hydrogen) atoms. The molecule has 1 aliphatic heterocycles. The second kappa shape index (κ2) is 7.11. The Morgan fingerprint density at radius 3 is 2.68 bits per heavy atom. The molecular weight excluding hydrogens is 302 g/mol. The minimum absolute atomic E-state index is 0. The Morgan fingerprint density at radius 1 is 1.32 bits per heavy atom. The summed E-state index contributed by atoms with van der Waals surface area (Å²) in [6.07, 6.45) is 1.77. The lowest BCUT2D eigenvalue weighted by Crippen LogP contribution is -2.29. The number of benzene rings is 1. The van der Waals surface area contributed by atoms with Gasteiger partial charge in [-0.1, -0.05) is 18.2 Å². The van der Waals surface area contributed by atoms with Gasteiger partial charge in [-0.15, -0.1) is 12.4 Å². The largest absolute Gasteiger partial charge is 0.448 e. The average molecular weight is 324 g/mol. The summed E-state index contributed by atoms with van der Waals surface area (Å²) in [5.41, 5.74) is 1.87. The molecule has 3 rings (SSSR count). The Morgan fingerprint density at radius 2 is 2.00 bits per heavy atom. The number of carbonyl (C=O) groups excluding carboxylic acids is 1. The zero-order valence-electron chi connectivity index (χ0n) is 13.0. The molecule has 2 aromatic rings. The summed E-state index contributed by atoms with van der Waals surface area (Å²) in [6, 6.07) is 7.90. The van der Waals surface area contributed by atoms with Gasteiger partial charge in [0, 0.05) is 11.3 Å². The van der Waals surface area contributed by atoms with Gasteiger partial charge in [0.15, 0.2) is 0 Å². The van der Waals surface area contributed by atoms with Gasteiger partial charge in [-0.3, -0.25) is 0 Å². The highest BCUT2D eigenvalue weighted by Crippen LogP contribution is 2.32. The van der Waals surface area contributed by atoms with Crippen LogP contribution in [0.3, 0.4) is 0 Å². The van der Waals surface area contributed by atoms with Crippen molar-refractivity contribution >= 4 is 29.4 Å². The number of hydrogen-bond donors (Lipinski definition) is 0. The molecule has 0 amide bonds. The van der Waals surface area contributed by atoms with Crippen LogP contribution in [0.5, 0.6) is 0 Å². The summed E-state index contributed by atoms with van der Waals surface area (Å²) in [5, 5.41) is 5.65. The van der Waals surface area contributed by atoms with E-state index in [0.717, 1.165) is 42.5 Å². The molecule has 1 aromatic carbocycles. The van der Waals surface area contributed by atoms with E-state index in [-0.39, 0.29) is 12.4 Å². The zero-order valence-corrected chi connectivity index (χ0v) is 13.8. The maximum atomic E-state index is 12.1. The number of rotatable bonds is 2. The van der Waals surface area contributed by atoms with Gasteiger partial charge in [-0.2, -0.15) is 9.78 Å². The molecule has 0 atom stereocenters. The van der Waals surface area contributed by atoms with Crippen LogP contribution in [0.15, 0.2) is 24.3 Å². The van der Waals surface area contributed by atoms with Crippen molar-refractivity contribution in [3.05, 3.63) is 30.0 Å². The van der Waals surface area contributed by atoms with Crippen molar-refractivity contribution in [2.45, 2.75) is 25.7 Å². The minimum Gasteiger partial charge on any atom is -0.448 e. The minimum atomic E-state index is -0.395. The molecule has 5 nitrogen and oxygen atoms in total. The Balaban J connectivity index is 0.00000176. The molecule has 0 spiro atoms. The number of carbonyl (C=O) groups is 1. The summed E-state index contributed by atoms with van der Waals surface area (Å²) < 4.78 is 6.52. The number of fused-ring (bicyclic) bond motifs is 1. The first-order valence-electron chi connectivity index (χ1n) is 7.54. The summed E-state index contributed by atoms with van der Waals surface area (Å²) in [4.78, 5) is 14.4. The van der Waals surface area contributed by atoms with E-state index in [0.29, 0.717) is 12.5 Å². The average Bonchev–Trinajstić information content (AvgIpc) is 2.88. The normalized spacial score (nSPS) is 16.5. The fourth-order valence-electron chi connectivity index (χ4n) is 3.00. The maximum Gasteiger partial charge on any atom is 0.435 e. The maximum absolute atomic E-state index is 12.1. The summed E-state index contributed by atoms with van der Waals surface area (Å²) >= 11 is 0. The first-order valence-corrected chi connectivity index (χ1v) is 7.54. The van der Waals surface area contributed by atoms with Gasteiger partial charge in [0.1, 0.15) is 0 Å². The number of ether oxygens (including phenoxy) is 1. The first-order chi connectivity index (χ1) is 10.2. The predicted octanol–water partition coefficient (Wildman–Crippen LogP) is 3.27. The molecule has 1 aromatic heterocycles. The van der Waals surface area contributed by atoms with Crippen LogP contribution in [0.25, 0.3) is 10.9 Å². The monoisotopic (exact) mass is 323 g/mol. The summed E-state index contributed by atoms with van der Waals surface area (Å²) in [7, 11) is 2.14. The Kier molecular flexibility index (Phi) is 5.42. The van der Waals surface area contributed by atoms with E-state index < -0.39 is 6.09 Å². The van der Waals surface area contributed by atoms with Gasteiger partial charge in [0.05, 0.1) is 17.8 Å². The zero-order chi connectivity index (χ0) is 14.8. The third-order valence-electron chi connectivity index (χ3n) is 4.16. The van der Waals surface area contributed by atoms with Crippen molar-refractivity contribution in [1.82, 2.24) is 14.7 Å². The van der Waals surface area contributed by atoms with E-state index in [1.165, 1.54) is 4.68 Å². The lowest BCUT2D eigenvalue weighted by Gasteiger charge is -2.28. The van der Waals surface area contributed by atoms with E-state index in [1.807, 2.05) is 31.2 Å². The van der Waals surface area contributed by atoms with Crippen LogP contribution >= 0.6 is 12.4 Å². The van der Waals surface area contributed by atoms with Crippen molar-refractivity contribution in [2.75, 3.05) is 26.7 Å². The van der Waals surface area contributed by atoms with Crippen molar-refractivity contribution in [2.24, 2.45) is 0 Å². The number of para-hydroxylation sites is 1. The Labute approximate surface area is 136 Å². The molecule has 0 bridgehead atoms. The van der Waals surface area contributed by atoms with E-state index in [9.17, 15) is 4.79 Å². The molecule has 0 N–H and O–H groups in total. The van der Waals surface area contributed by atoms with E-state index in [4.69, 9.17) is 4.74 Å². The lowest BCUT2D eigenvalue weighted by molar-refractivity contribution is 0.151. The highest BCUT2D eigenvalue weighted by molar-refractivity contribution is 5.90. The van der Waals surface area contributed by atoms with Crippen LogP contribution in [-0.4, -0.2) is 47.5 Å². The number of hydrogen-bond acceptors (Lipinski definition) is 4. The fourth-order valence-corrected chi connectivity index (χ4v) is 3.00. The Bertz CT molecular complexity index is 648. The molecule has 0 aliphatic carbocycles. The van der Waals surface area contributed by atoms with E-state index >= 15 is 0 Å². The van der Waals surface area contributed by atoms with Crippen molar-refractivity contribution in [3.8, 4) is 0 Å². The van der Waals surface area contributed by atoms with Crippen LogP contribution in [-0.2, 0) is 4.74 Å². The molecule has 0 unspecified atom stereocenters. The SMILES string of the molecule is CCOC(=O)n1nc(C2CCN(C)CC2)c2ccccc21.Cl. The molecule has 0 saturated carbocycles. The topological polar surface area (TPSA) is 47.4 Å². The van der Waals surface area contributed by atoms with Crippen molar-refractivity contribution in [1.29, 1.82) is 0 Å². The van der Waals surface area contributed by atoms with Gasteiger partial charge >= 0.3 is 6.09 Å². The number of piperidine rings is 1. The molecule has 120 valence electrons. The predicted molar refractivity (Wildman–Crippen MR) is 88.9 cm³/mol. The second-order valence-corrected chi connectivity index (χ2v) is 5.59. The third-order valence-corrected chi connectivity index (χ3v) is 4.16. The molecule has 6 heteroatoms. The van der Waals surface area contributed by atoms with Crippen molar-refractivity contribution in [3.63, 3.8) is 0 Å². The van der Waals surface area contributed by atoms with Gasteiger partial charge in [-0.05, 0) is 46.0 Å². The van der Waals surface area contributed by atoms with Crippen molar-refractivity contribution < 1.29 is 9.53 Å². The summed E-state index contributed by atoms with van der Waals surface area (Å²) in [5.74, 6) is 0.418. The van der Waals surface area contributed by atoms with Crippen LogP contribution in [0.4, 0.5) is 4.79 Å². The van der Waals surface area contributed by atoms with Crippen LogP contribution in [0, 0.1) is 0 Å². The van der Waals surface area contributed by atoms with E-state index in [1.54, 1.807) is 0 Å². The Hall–Kier alpha value is -1.59. The molecule has 1 aliphatic rings. The number of nitrogens with zero attached hydrogens (tertiary/aromatic N) is 3. The molecular formula is C16H22ClN3O2. The highest BCUT2D eigenvalue weighted by Gasteiger charge is 2.25. The molecule has 2 heterocycles. The third kappa shape index (κ3) is 3.10.